The molecule has 1 aliphatic rings. The molecule has 1 aliphatic heterocycles. The first-order valence-electron chi connectivity index (χ1n) is 6.25. The lowest BCUT2D eigenvalue weighted by molar-refractivity contribution is 0.0874. The number of alkyl halides is 3. The van der Waals surface area contributed by atoms with Gasteiger partial charge in [0.1, 0.15) is 6.17 Å². The molecule has 0 bridgehead atoms. The highest BCUT2D eigenvalue weighted by atomic mass is 35.6. The molecule has 1 amide bonds. The van der Waals surface area contributed by atoms with Gasteiger partial charge in [-0.2, -0.15) is 0 Å². The molecular weight excluding hydrogens is 342 g/mol. The molecule has 1 N–H and O–H groups in total. The number of carbonyl (C=O) groups excluding carboxylic acids is 1. The number of nitrogens with zero attached hydrogens (tertiary/aromatic N) is 1. The highest BCUT2D eigenvalue weighted by Gasteiger charge is 2.39. The Hall–Kier alpha value is -0.190. The van der Waals surface area contributed by atoms with Crippen LogP contribution in [0.3, 0.4) is 0 Å². The predicted octanol–water partition coefficient (Wildman–Crippen LogP) is 3.86. The van der Waals surface area contributed by atoms with Gasteiger partial charge in [0.15, 0.2) is 0 Å². The Balaban J connectivity index is 2.11. The zero-order chi connectivity index (χ0) is 14.8. The van der Waals surface area contributed by atoms with Crippen LogP contribution in [0.4, 0.5) is 0 Å². The molecule has 3 nitrogen and oxygen atoms in total. The highest BCUT2D eigenvalue weighted by Crippen LogP contribution is 2.33. The number of amides is 1. The van der Waals surface area contributed by atoms with Gasteiger partial charge in [-0.25, -0.2) is 0 Å². The van der Waals surface area contributed by atoms with Crippen LogP contribution in [0.5, 0.6) is 0 Å². The van der Waals surface area contributed by atoms with Crippen molar-refractivity contribution in [3.05, 3.63) is 34.9 Å². The van der Waals surface area contributed by atoms with Gasteiger partial charge in [-0.1, -0.05) is 46.4 Å². The van der Waals surface area contributed by atoms with E-state index in [2.05, 4.69) is 5.32 Å². The fourth-order valence-corrected chi connectivity index (χ4v) is 2.89. The number of halogens is 4. The van der Waals surface area contributed by atoms with Crippen molar-refractivity contribution in [2.75, 3.05) is 13.1 Å². The van der Waals surface area contributed by atoms with Gasteiger partial charge in [0, 0.05) is 23.7 Å². The minimum Gasteiger partial charge on any atom is -0.332 e. The number of carbonyl (C=O) groups is 1. The topological polar surface area (TPSA) is 32.3 Å². The third-order valence-electron chi connectivity index (χ3n) is 3.19. The summed E-state index contributed by atoms with van der Waals surface area (Å²) in [6.07, 6.45) is 1.43. The van der Waals surface area contributed by atoms with Crippen LogP contribution in [0.2, 0.25) is 5.02 Å². The van der Waals surface area contributed by atoms with Crippen molar-refractivity contribution >= 4 is 52.3 Å². The van der Waals surface area contributed by atoms with E-state index in [9.17, 15) is 4.79 Å². The van der Waals surface area contributed by atoms with Gasteiger partial charge in [0.25, 0.3) is 5.91 Å². The average Bonchev–Trinajstić information content (AvgIpc) is 2.88. The van der Waals surface area contributed by atoms with Gasteiger partial charge in [-0.15, -0.1) is 0 Å². The largest absolute Gasteiger partial charge is 0.332 e. The molecule has 0 radical (unpaired) electrons. The molecule has 0 aliphatic carbocycles. The van der Waals surface area contributed by atoms with Crippen LogP contribution in [0, 0.1) is 0 Å². The molecule has 2 rings (SSSR count). The third kappa shape index (κ3) is 4.15. The zero-order valence-electron chi connectivity index (χ0n) is 10.6. The summed E-state index contributed by atoms with van der Waals surface area (Å²) in [5.41, 5.74) is 0.479. The molecule has 1 fully saturated rings. The molecule has 1 saturated heterocycles. The van der Waals surface area contributed by atoms with Crippen molar-refractivity contribution in [3.8, 4) is 0 Å². The Labute approximate surface area is 138 Å². The van der Waals surface area contributed by atoms with Crippen molar-refractivity contribution < 1.29 is 4.79 Å². The van der Waals surface area contributed by atoms with Gasteiger partial charge in [-0.05, 0) is 37.1 Å². The summed E-state index contributed by atoms with van der Waals surface area (Å²) < 4.78 is -1.58. The molecule has 0 saturated carbocycles. The Morgan fingerprint density at radius 2 is 1.70 bits per heavy atom. The number of rotatable bonds is 3. The summed E-state index contributed by atoms with van der Waals surface area (Å²) in [6.45, 7) is 1.61. The van der Waals surface area contributed by atoms with Crippen molar-refractivity contribution in [2.45, 2.75) is 22.8 Å². The third-order valence-corrected chi connectivity index (χ3v) is 4.06. The minimum atomic E-state index is -1.58. The van der Waals surface area contributed by atoms with Crippen LogP contribution in [0.1, 0.15) is 23.2 Å². The van der Waals surface area contributed by atoms with E-state index < -0.39 is 9.96 Å². The van der Waals surface area contributed by atoms with Crippen LogP contribution >= 0.6 is 46.4 Å². The van der Waals surface area contributed by atoms with E-state index in [1.54, 1.807) is 24.3 Å². The first-order chi connectivity index (χ1) is 9.38. The maximum absolute atomic E-state index is 12.2. The summed E-state index contributed by atoms with van der Waals surface area (Å²) in [5.74, 6) is -0.287. The number of hydrogen-bond donors (Lipinski definition) is 1. The second-order valence-corrected chi connectivity index (χ2v) is 7.47. The number of hydrogen-bond acceptors (Lipinski definition) is 2. The van der Waals surface area contributed by atoms with E-state index in [-0.39, 0.29) is 5.91 Å². The van der Waals surface area contributed by atoms with Crippen molar-refractivity contribution in [1.29, 1.82) is 0 Å². The molecule has 7 heteroatoms. The van der Waals surface area contributed by atoms with Crippen LogP contribution in [0.15, 0.2) is 24.3 Å². The van der Waals surface area contributed by atoms with Gasteiger partial charge < -0.3 is 5.32 Å². The van der Waals surface area contributed by atoms with Crippen molar-refractivity contribution in [3.63, 3.8) is 0 Å². The quantitative estimate of drug-likeness (QED) is 0.835. The molecule has 1 aromatic carbocycles. The van der Waals surface area contributed by atoms with E-state index in [1.165, 1.54) is 0 Å². The fraction of sp³-hybridized carbons (Fsp3) is 0.462. The zero-order valence-corrected chi connectivity index (χ0v) is 13.6. The summed E-state index contributed by atoms with van der Waals surface area (Å²) in [6, 6.07) is 6.57. The standard InChI is InChI=1S/C13H14Cl4N2O/c14-10-5-3-9(4-6-10)11(20)18-12(13(15,16)17)19-7-1-2-8-19/h3-6,12H,1-2,7-8H2,(H,18,20). The Morgan fingerprint density at radius 1 is 1.15 bits per heavy atom. The van der Waals surface area contributed by atoms with E-state index in [0.717, 1.165) is 25.9 Å². The first-order valence-corrected chi connectivity index (χ1v) is 7.76. The Bertz CT molecular complexity index is 466. The normalized spacial score (nSPS) is 18.0. The molecule has 0 spiro atoms. The molecule has 0 aromatic heterocycles. The first kappa shape index (κ1) is 16.2. The summed E-state index contributed by atoms with van der Waals surface area (Å²) >= 11 is 23.8. The number of likely N-dealkylation sites (tertiary alicyclic amines) is 1. The lowest BCUT2D eigenvalue weighted by Gasteiger charge is -2.33. The smallest absolute Gasteiger partial charge is 0.252 e. The molecular formula is C13H14Cl4N2O. The summed E-state index contributed by atoms with van der Waals surface area (Å²) in [5, 5.41) is 3.35. The van der Waals surface area contributed by atoms with E-state index in [1.807, 2.05) is 4.90 Å². The Kier molecular flexibility index (Phi) is 5.43. The van der Waals surface area contributed by atoms with E-state index in [0.29, 0.717) is 10.6 Å². The van der Waals surface area contributed by atoms with E-state index in [4.69, 9.17) is 46.4 Å². The van der Waals surface area contributed by atoms with Crippen LogP contribution < -0.4 is 5.32 Å². The molecule has 1 heterocycles. The molecule has 110 valence electrons. The molecule has 20 heavy (non-hydrogen) atoms. The van der Waals surface area contributed by atoms with Crippen LogP contribution in [-0.4, -0.2) is 33.9 Å². The highest BCUT2D eigenvalue weighted by molar-refractivity contribution is 6.68. The SMILES string of the molecule is O=C(NC(N1CCCC1)C(Cl)(Cl)Cl)c1ccc(Cl)cc1. The monoisotopic (exact) mass is 354 g/mol. The maximum atomic E-state index is 12.2. The lowest BCUT2D eigenvalue weighted by atomic mass is 10.2. The lowest BCUT2D eigenvalue weighted by Crippen LogP contribution is -2.54. The predicted molar refractivity (Wildman–Crippen MR) is 83.8 cm³/mol. The maximum Gasteiger partial charge on any atom is 0.252 e. The van der Waals surface area contributed by atoms with Gasteiger partial charge in [-0.3, -0.25) is 9.69 Å². The van der Waals surface area contributed by atoms with Gasteiger partial charge in [0.2, 0.25) is 3.79 Å². The van der Waals surface area contributed by atoms with E-state index >= 15 is 0 Å². The van der Waals surface area contributed by atoms with Gasteiger partial charge in [0.05, 0.1) is 0 Å². The van der Waals surface area contributed by atoms with Crippen LogP contribution in [-0.2, 0) is 0 Å². The summed E-state index contributed by atoms with van der Waals surface area (Å²) in [7, 11) is 0. The molecule has 1 atom stereocenters. The molecule has 1 unspecified atom stereocenters. The average molecular weight is 356 g/mol. The van der Waals surface area contributed by atoms with Gasteiger partial charge >= 0.3 is 0 Å². The minimum absolute atomic E-state index is 0.287. The second-order valence-electron chi connectivity index (χ2n) is 4.67. The van der Waals surface area contributed by atoms with Crippen LogP contribution in [0.25, 0.3) is 0 Å². The Morgan fingerprint density at radius 3 is 2.20 bits per heavy atom. The number of nitrogens with one attached hydrogen (secondary N) is 1. The molecule has 1 aromatic rings. The van der Waals surface area contributed by atoms with Crippen molar-refractivity contribution in [2.24, 2.45) is 0 Å². The summed E-state index contributed by atoms with van der Waals surface area (Å²) in [4.78, 5) is 14.2. The number of benzene rings is 1. The van der Waals surface area contributed by atoms with Crippen molar-refractivity contribution in [1.82, 2.24) is 10.2 Å². The second kappa shape index (κ2) is 6.71. The fourth-order valence-electron chi connectivity index (χ4n) is 2.19.